The molecule has 1 aromatic carbocycles. The van der Waals surface area contributed by atoms with Crippen molar-refractivity contribution < 1.29 is 9.47 Å². The van der Waals surface area contributed by atoms with Crippen LogP contribution in [0.3, 0.4) is 0 Å². The smallest absolute Gasteiger partial charge is 0.161 e. The number of benzene rings is 1. The molecule has 0 aliphatic carbocycles. The van der Waals surface area contributed by atoms with E-state index in [0.717, 1.165) is 24.6 Å². The van der Waals surface area contributed by atoms with E-state index in [9.17, 15) is 0 Å². The van der Waals surface area contributed by atoms with Gasteiger partial charge in [0.25, 0.3) is 0 Å². The van der Waals surface area contributed by atoms with Crippen LogP contribution < -0.4 is 14.8 Å². The lowest BCUT2D eigenvalue weighted by atomic mass is 10.0. The van der Waals surface area contributed by atoms with E-state index in [-0.39, 0.29) is 6.04 Å². The van der Waals surface area contributed by atoms with Crippen molar-refractivity contribution in [2.45, 2.75) is 32.9 Å². The molecular weight excluding hydrogens is 252 g/mol. The molecule has 0 fully saturated rings. The average Bonchev–Trinajstić information content (AvgIpc) is 2.47. The number of hydrogen-bond donors (Lipinski definition) is 1. The maximum Gasteiger partial charge on any atom is 0.161 e. The lowest BCUT2D eigenvalue weighted by molar-refractivity contribution is 0.210. The fraction of sp³-hybridized carbons (Fsp3) is 0.625. The van der Waals surface area contributed by atoms with Crippen molar-refractivity contribution >= 4 is 0 Å². The van der Waals surface area contributed by atoms with Gasteiger partial charge in [-0.3, -0.25) is 4.90 Å². The highest BCUT2D eigenvalue weighted by Gasteiger charge is 2.17. The van der Waals surface area contributed by atoms with E-state index in [2.05, 4.69) is 37.1 Å². The van der Waals surface area contributed by atoms with Crippen molar-refractivity contribution in [2.75, 3.05) is 34.4 Å². The predicted octanol–water partition coefficient (Wildman–Crippen LogP) is 2.69. The molecule has 0 radical (unpaired) electrons. The summed E-state index contributed by atoms with van der Waals surface area (Å²) in [4.78, 5) is 2.44. The van der Waals surface area contributed by atoms with Gasteiger partial charge in [0.1, 0.15) is 0 Å². The molecule has 1 unspecified atom stereocenters. The maximum absolute atomic E-state index is 5.38. The largest absolute Gasteiger partial charge is 0.493 e. The first-order chi connectivity index (χ1) is 9.57. The molecule has 0 spiro atoms. The number of rotatable bonds is 8. The fourth-order valence-corrected chi connectivity index (χ4v) is 2.37. The van der Waals surface area contributed by atoms with Crippen LogP contribution in [0.1, 0.15) is 32.4 Å². The Morgan fingerprint density at radius 1 is 1.15 bits per heavy atom. The van der Waals surface area contributed by atoms with Crippen LogP contribution in [0, 0.1) is 0 Å². The van der Waals surface area contributed by atoms with Crippen molar-refractivity contribution in [1.82, 2.24) is 10.2 Å². The zero-order chi connectivity index (χ0) is 15.1. The Morgan fingerprint density at radius 2 is 1.80 bits per heavy atom. The van der Waals surface area contributed by atoms with Crippen molar-refractivity contribution in [2.24, 2.45) is 0 Å². The van der Waals surface area contributed by atoms with Gasteiger partial charge >= 0.3 is 0 Å². The first-order valence-corrected chi connectivity index (χ1v) is 7.20. The van der Waals surface area contributed by atoms with Crippen LogP contribution in [0.2, 0.25) is 0 Å². The molecule has 1 N–H and O–H groups in total. The molecule has 0 aliphatic rings. The minimum atomic E-state index is 0.275. The Kier molecular flexibility index (Phi) is 6.82. The SMILES string of the molecule is CCN(CC(NC)c1ccc(OC)c(OC)c1)C(C)C. The van der Waals surface area contributed by atoms with E-state index in [1.165, 1.54) is 5.56 Å². The summed E-state index contributed by atoms with van der Waals surface area (Å²) < 4.78 is 10.7. The maximum atomic E-state index is 5.38. The molecule has 0 heterocycles. The van der Waals surface area contributed by atoms with E-state index in [0.29, 0.717) is 6.04 Å². The molecular formula is C16H28N2O2. The van der Waals surface area contributed by atoms with Crippen LogP contribution >= 0.6 is 0 Å². The Hall–Kier alpha value is -1.26. The molecule has 0 amide bonds. The highest BCUT2D eigenvalue weighted by molar-refractivity contribution is 5.43. The first kappa shape index (κ1) is 16.8. The Bertz CT molecular complexity index is 407. The van der Waals surface area contributed by atoms with Crippen LogP contribution in [0.15, 0.2) is 18.2 Å². The van der Waals surface area contributed by atoms with Gasteiger partial charge in [-0.1, -0.05) is 13.0 Å². The van der Waals surface area contributed by atoms with Gasteiger partial charge in [0.05, 0.1) is 14.2 Å². The first-order valence-electron chi connectivity index (χ1n) is 7.20. The third-order valence-corrected chi connectivity index (χ3v) is 3.71. The van der Waals surface area contributed by atoms with Crippen molar-refractivity contribution in [3.05, 3.63) is 23.8 Å². The van der Waals surface area contributed by atoms with Gasteiger partial charge in [-0.25, -0.2) is 0 Å². The zero-order valence-corrected chi connectivity index (χ0v) is 13.6. The fourth-order valence-electron chi connectivity index (χ4n) is 2.37. The normalized spacial score (nSPS) is 12.8. The summed E-state index contributed by atoms with van der Waals surface area (Å²) in [6, 6.07) is 6.92. The third kappa shape index (κ3) is 4.12. The monoisotopic (exact) mass is 280 g/mol. The lowest BCUT2D eigenvalue weighted by Gasteiger charge is -2.30. The Labute approximate surface area is 123 Å². The highest BCUT2D eigenvalue weighted by atomic mass is 16.5. The Balaban J connectivity index is 2.94. The number of methoxy groups -OCH3 is 2. The molecule has 0 bridgehead atoms. The minimum Gasteiger partial charge on any atom is -0.493 e. The third-order valence-electron chi connectivity index (χ3n) is 3.71. The van der Waals surface area contributed by atoms with Gasteiger partial charge < -0.3 is 14.8 Å². The van der Waals surface area contributed by atoms with Gasteiger partial charge in [-0.2, -0.15) is 0 Å². The second-order valence-corrected chi connectivity index (χ2v) is 5.14. The van der Waals surface area contributed by atoms with Crippen LogP contribution in [0.5, 0.6) is 11.5 Å². The number of ether oxygens (including phenoxy) is 2. The molecule has 1 rings (SSSR count). The number of nitrogens with one attached hydrogen (secondary N) is 1. The second kappa shape index (κ2) is 8.12. The molecule has 0 aromatic heterocycles. The molecule has 4 heteroatoms. The van der Waals surface area contributed by atoms with Crippen LogP contribution in [0.25, 0.3) is 0 Å². The lowest BCUT2D eigenvalue weighted by Crippen LogP contribution is -2.38. The van der Waals surface area contributed by atoms with E-state index < -0.39 is 0 Å². The molecule has 1 aromatic rings. The quantitative estimate of drug-likeness (QED) is 0.794. The molecule has 20 heavy (non-hydrogen) atoms. The summed E-state index contributed by atoms with van der Waals surface area (Å²) in [5.74, 6) is 1.54. The predicted molar refractivity (Wildman–Crippen MR) is 83.7 cm³/mol. The standard InChI is InChI=1S/C16H28N2O2/c1-7-18(12(2)3)11-14(17-4)13-8-9-15(19-5)16(10-13)20-6/h8-10,12,14,17H,7,11H2,1-6H3. The number of nitrogens with zero attached hydrogens (tertiary/aromatic N) is 1. The summed E-state index contributed by atoms with van der Waals surface area (Å²) in [5.41, 5.74) is 1.21. The van der Waals surface area contributed by atoms with Gasteiger partial charge in [-0.15, -0.1) is 0 Å². The zero-order valence-electron chi connectivity index (χ0n) is 13.6. The van der Waals surface area contributed by atoms with Crippen molar-refractivity contribution in [3.63, 3.8) is 0 Å². The molecule has 0 saturated carbocycles. The van der Waals surface area contributed by atoms with Crippen molar-refractivity contribution in [1.29, 1.82) is 0 Å². The highest BCUT2D eigenvalue weighted by Crippen LogP contribution is 2.30. The van der Waals surface area contributed by atoms with Crippen LogP contribution in [0.4, 0.5) is 0 Å². The van der Waals surface area contributed by atoms with E-state index >= 15 is 0 Å². The van der Waals surface area contributed by atoms with Crippen LogP contribution in [-0.4, -0.2) is 45.3 Å². The van der Waals surface area contributed by atoms with Gasteiger partial charge in [-0.05, 0) is 45.1 Å². The average molecular weight is 280 g/mol. The topological polar surface area (TPSA) is 33.7 Å². The number of hydrogen-bond acceptors (Lipinski definition) is 4. The van der Waals surface area contributed by atoms with E-state index in [1.807, 2.05) is 19.2 Å². The summed E-state index contributed by atoms with van der Waals surface area (Å²) in [5, 5.41) is 3.39. The van der Waals surface area contributed by atoms with E-state index in [4.69, 9.17) is 9.47 Å². The van der Waals surface area contributed by atoms with Crippen molar-refractivity contribution in [3.8, 4) is 11.5 Å². The van der Waals surface area contributed by atoms with Gasteiger partial charge in [0.15, 0.2) is 11.5 Å². The summed E-state index contributed by atoms with van der Waals surface area (Å²) in [7, 11) is 5.32. The minimum absolute atomic E-state index is 0.275. The molecule has 4 nitrogen and oxygen atoms in total. The summed E-state index contributed by atoms with van der Waals surface area (Å²) in [6.45, 7) is 8.67. The van der Waals surface area contributed by atoms with E-state index in [1.54, 1.807) is 14.2 Å². The second-order valence-electron chi connectivity index (χ2n) is 5.14. The Morgan fingerprint density at radius 3 is 2.25 bits per heavy atom. The molecule has 114 valence electrons. The number of likely N-dealkylation sites (N-methyl/N-ethyl adjacent to an activating group) is 2. The summed E-state index contributed by atoms with van der Waals surface area (Å²) in [6.07, 6.45) is 0. The molecule has 0 saturated heterocycles. The van der Waals surface area contributed by atoms with Crippen LogP contribution in [-0.2, 0) is 0 Å². The molecule has 1 atom stereocenters. The molecule has 0 aliphatic heterocycles. The summed E-state index contributed by atoms with van der Waals surface area (Å²) >= 11 is 0. The van der Waals surface area contributed by atoms with Gasteiger partial charge in [0, 0.05) is 18.6 Å². The van der Waals surface area contributed by atoms with Gasteiger partial charge in [0.2, 0.25) is 0 Å².